The minimum atomic E-state index is 0.349. The lowest BCUT2D eigenvalue weighted by molar-refractivity contribution is -0.106. The molecule has 1 rings (SSSR count). The van der Waals surface area contributed by atoms with Gasteiger partial charge in [0.05, 0.1) is 0 Å². The first-order valence-corrected chi connectivity index (χ1v) is 4.03. The Labute approximate surface area is 78.5 Å². The number of aldehydes is 1. The average molecular weight is 178 g/mol. The maximum Gasteiger partial charge on any atom is 0.119 e. The number of hydrogen-bond donors (Lipinski definition) is 1. The molecule has 2 heteroatoms. The number of rotatable bonds is 2. The first-order valence-electron chi connectivity index (χ1n) is 4.03. The van der Waals surface area contributed by atoms with Crippen LogP contribution in [0.15, 0.2) is 36.9 Å². The Morgan fingerprint density at radius 2 is 2.00 bits per heavy atom. The molecule has 0 atom stereocenters. The molecule has 0 fully saturated rings. The van der Waals surface area contributed by atoms with Crippen LogP contribution in [0.2, 0.25) is 0 Å². The topological polar surface area (TPSA) is 37.3 Å². The van der Waals surface area contributed by atoms with Gasteiger partial charge in [-0.1, -0.05) is 24.3 Å². The lowest BCUT2D eigenvalue weighted by Gasteiger charge is -1.97. The summed E-state index contributed by atoms with van der Waals surface area (Å²) >= 11 is 0. The highest BCUT2D eigenvalue weighted by molar-refractivity contribution is 5.44. The van der Waals surface area contributed by atoms with Gasteiger partial charge in [0.15, 0.2) is 0 Å². The van der Waals surface area contributed by atoms with E-state index in [0.717, 1.165) is 18.3 Å². The highest BCUT2D eigenvalue weighted by Crippen LogP contribution is 2.15. The largest absolute Gasteiger partial charge is 0.508 e. The molecule has 0 saturated heterocycles. The molecule has 0 aliphatic carbocycles. The van der Waals surface area contributed by atoms with Gasteiger partial charge in [-0.2, -0.15) is 0 Å². The number of benzene rings is 1. The molecule has 0 bridgehead atoms. The van der Waals surface area contributed by atoms with E-state index in [1.54, 1.807) is 12.1 Å². The average Bonchev–Trinajstić information content (AvgIpc) is 2.11. The van der Waals surface area contributed by atoms with Gasteiger partial charge in [-0.05, 0) is 25.0 Å². The molecule has 2 nitrogen and oxygen atoms in total. The van der Waals surface area contributed by atoms with E-state index in [4.69, 9.17) is 4.79 Å². The Morgan fingerprint density at radius 1 is 1.46 bits per heavy atom. The molecule has 0 heterocycles. The second-order valence-electron chi connectivity index (χ2n) is 2.36. The van der Waals surface area contributed by atoms with Crippen LogP contribution >= 0.6 is 0 Å². The summed E-state index contributed by atoms with van der Waals surface area (Å²) in [6, 6.07) is 7.27. The van der Waals surface area contributed by atoms with Crippen LogP contribution in [-0.2, 0) is 11.2 Å². The van der Waals surface area contributed by atoms with Crippen LogP contribution in [0, 0.1) is 0 Å². The zero-order valence-electron chi connectivity index (χ0n) is 7.73. The van der Waals surface area contributed by atoms with Crippen molar-refractivity contribution in [2.45, 2.75) is 13.3 Å². The molecule has 0 amide bonds. The van der Waals surface area contributed by atoms with Crippen LogP contribution in [-0.4, -0.2) is 11.4 Å². The fourth-order valence-corrected chi connectivity index (χ4v) is 0.839. The normalized spacial score (nSPS) is 8.08. The first kappa shape index (κ1) is 11.4. The SMILES string of the molecule is C=CCc1ccccc1O.CC=O. The van der Waals surface area contributed by atoms with E-state index in [1.165, 1.54) is 6.92 Å². The Hall–Kier alpha value is -1.57. The third-order valence-corrected chi connectivity index (χ3v) is 1.36. The Kier molecular flexibility index (Phi) is 6.24. The summed E-state index contributed by atoms with van der Waals surface area (Å²) in [5, 5.41) is 9.19. The lowest BCUT2D eigenvalue weighted by atomic mass is 10.1. The lowest BCUT2D eigenvalue weighted by Crippen LogP contribution is -1.79. The predicted molar refractivity (Wildman–Crippen MR) is 53.7 cm³/mol. The maximum absolute atomic E-state index is 9.19. The fourth-order valence-electron chi connectivity index (χ4n) is 0.839. The van der Waals surface area contributed by atoms with E-state index in [1.807, 2.05) is 18.2 Å². The molecule has 0 spiro atoms. The van der Waals surface area contributed by atoms with Gasteiger partial charge in [0, 0.05) is 0 Å². The van der Waals surface area contributed by atoms with Crippen molar-refractivity contribution in [3.63, 3.8) is 0 Å². The fraction of sp³-hybridized carbons (Fsp3) is 0.182. The van der Waals surface area contributed by atoms with Crippen molar-refractivity contribution >= 4 is 6.29 Å². The van der Waals surface area contributed by atoms with Crippen molar-refractivity contribution in [3.05, 3.63) is 42.5 Å². The summed E-state index contributed by atoms with van der Waals surface area (Å²) < 4.78 is 0. The molecular weight excluding hydrogens is 164 g/mol. The van der Waals surface area contributed by atoms with E-state index in [0.29, 0.717) is 5.75 Å². The minimum absolute atomic E-state index is 0.349. The molecule has 0 saturated carbocycles. The number of phenols is 1. The van der Waals surface area contributed by atoms with E-state index in [2.05, 4.69) is 6.58 Å². The van der Waals surface area contributed by atoms with E-state index < -0.39 is 0 Å². The molecule has 13 heavy (non-hydrogen) atoms. The number of carbonyl (C=O) groups excluding carboxylic acids is 1. The van der Waals surface area contributed by atoms with Crippen molar-refractivity contribution in [2.75, 3.05) is 0 Å². The van der Waals surface area contributed by atoms with E-state index >= 15 is 0 Å². The second-order valence-corrected chi connectivity index (χ2v) is 2.36. The van der Waals surface area contributed by atoms with Crippen molar-refractivity contribution < 1.29 is 9.90 Å². The van der Waals surface area contributed by atoms with Crippen molar-refractivity contribution in [2.24, 2.45) is 0 Å². The second kappa shape index (κ2) is 7.10. The number of aromatic hydroxyl groups is 1. The third kappa shape index (κ3) is 4.80. The molecule has 1 aromatic carbocycles. The highest BCUT2D eigenvalue weighted by atomic mass is 16.3. The molecule has 0 radical (unpaired) electrons. The summed E-state index contributed by atoms with van der Waals surface area (Å²) in [5.41, 5.74) is 0.928. The number of allylic oxidation sites excluding steroid dienone is 1. The first-order chi connectivity index (χ1) is 6.26. The monoisotopic (exact) mass is 178 g/mol. The van der Waals surface area contributed by atoms with Crippen molar-refractivity contribution in [1.29, 1.82) is 0 Å². The van der Waals surface area contributed by atoms with Gasteiger partial charge in [0.1, 0.15) is 12.0 Å². The van der Waals surface area contributed by atoms with Gasteiger partial charge in [-0.15, -0.1) is 6.58 Å². The molecular formula is C11H14O2. The Balaban J connectivity index is 0.000000424. The number of hydrogen-bond acceptors (Lipinski definition) is 2. The quantitative estimate of drug-likeness (QED) is 0.557. The van der Waals surface area contributed by atoms with Crippen LogP contribution in [0.3, 0.4) is 0 Å². The van der Waals surface area contributed by atoms with Gasteiger partial charge < -0.3 is 9.90 Å². The van der Waals surface area contributed by atoms with E-state index in [9.17, 15) is 5.11 Å². The Morgan fingerprint density at radius 3 is 2.46 bits per heavy atom. The smallest absolute Gasteiger partial charge is 0.119 e. The summed E-state index contributed by atoms with van der Waals surface area (Å²) in [7, 11) is 0. The number of phenolic OH excluding ortho intramolecular Hbond substituents is 1. The van der Waals surface area contributed by atoms with Crippen molar-refractivity contribution in [3.8, 4) is 5.75 Å². The van der Waals surface area contributed by atoms with Gasteiger partial charge in [-0.3, -0.25) is 0 Å². The zero-order chi connectivity index (χ0) is 10.1. The third-order valence-electron chi connectivity index (χ3n) is 1.36. The van der Waals surface area contributed by atoms with Crippen LogP contribution in [0.5, 0.6) is 5.75 Å². The summed E-state index contributed by atoms with van der Waals surface area (Å²) in [6.45, 7) is 5.03. The number of para-hydroxylation sites is 1. The summed E-state index contributed by atoms with van der Waals surface area (Å²) in [5.74, 6) is 0.349. The van der Waals surface area contributed by atoms with Crippen LogP contribution in [0.1, 0.15) is 12.5 Å². The Bertz CT molecular complexity index is 267. The highest BCUT2D eigenvalue weighted by Gasteiger charge is 1.93. The predicted octanol–water partition coefficient (Wildman–Crippen LogP) is 2.33. The van der Waals surface area contributed by atoms with Gasteiger partial charge in [0.25, 0.3) is 0 Å². The van der Waals surface area contributed by atoms with Crippen LogP contribution in [0.25, 0.3) is 0 Å². The van der Waals surface area contributed by atoms with E-state index in [-0.39, 0.29) is 0 Å². The van der Waals surface area contributed by atoms with Crippen molar-refractivity contribution in [1.82, 2.24) is 0 Å². The molecule has 1 aromatic rings. The molecule has 0 aliphatic rings. The zero-order valence-corrected chi connectivity index (χ0v) is 7.73. The number of carbonyl (C=O) groups is 1. The molecule has 70 valence electrons. The van der Waals surface area contributed by atoms with Gasteiger partial charge in [0.2, 0.25) is 0 Å². The molecule has 0 unspecified atom stereocenters. The van der Waals surface area contributed by atoms with Crippen LogP contribution in [0.4, 0.5) is 0 Å². The van der Waals surface area contributed by atoms with Gasteiger partial charge in [-0.25, -0.2) is 0 Å². The standard InChI is InChI=1S/C9H10O.C2H4O/c1-2-5-8-6-3-4-7-9(8)10;1-2-3/h2-4,6-7,10H,1,5H2;2H,1H3. The molecule has 0 aliphatic heterocycles. The summed E-state index contributed by atoms with van der Waals surface area (Å²) in [6.07, 6.45) is 3.25. The maximum atomic E-state index is 9.19. The molecule has 0 aromatic heterocycles. The minimum Gasteiger partial charge on any atom is -0.508 e. The van der Waals surface area contributed by atoms with Crippen LogP contribution < -0.4 is 0 Å². The molecule has 1 N–H and O–H groups in total. The summed E-state index contributed by atoms with van der Waals surface area (Å²) in [4.78, 5) is 8.81. The van der Waals surface area contributed by atoms with Gasteiger partial charge >= 0.3 is 0 Å².